The maximum atomic E-state index is 13.5. The molecule has 1 aromatic heterocycles. The van der Waals surface area contributed by atoms with Gasteiger partial charge in [-0.15, -0.1) is 0 Å². The number of nitrogens with one attached hydrogen (secondary N) is 1. The largest absolute Gasteiger partial charge is 0.367 e. The molecule has 8 heteroatoms. The molecule has 2 aliphatic rings. The lowest BCUT2D eigenvalue weighted by Gasteiger charge is -2.37. The van der Waals surface area contributed by atoms with Gasteiger partial charge in [-0.3, -0.25) is 9.69 Å². The standard InChI is InChI=1S/C26H25FIN5O/c1-28-11-10-21(30-28)18-31-12-14-32(15-13-31)25-22-4-2-3-5-24(22)33(26(34)23(25)16-29)17-19-6-8-20(27)9-7-19/h2-11,30H,1,12-15,17-18H2. The number of nitrogens with zero attached hydrogens (tertiary/aromatic N) is 4. The number of aromatic nitrogens is 1. The van der Waals surface area contributed by atoms with Crippen molar-refractivity contribution in [2.75, 3.05) is 37.6 Å². The average Bonchev–Trinajstić information content (AvgIpc) is 3.26. The molecule has 5 rings (SSSR count). The topological polar surface area (TPSA) is 64.3 Å². The molecular formula is C26H25FIN5O. The van der Waals surface area contributed by atoms with Crippen LogP contribution in [0.2, 0.25) is 0 Å². The summed E-state index contributed by atoms with van der Waals surface area (Å²) < 4.78 is 24.9. The molecule has 0 amide bonds. The lowest BCUT2D eigenvalue weighted by molar-refractivity contribution is 0.277. The molecule has 0 saturated carbocycles. The highest BCUT2D eigenvalue weighted by molar-refractivity contribution is 14.2. The highest BCUT2D eigenvalue weighted by atomic mass is 127. The second-order valence-electron chi connectivity index (χ2n) is 8.44. The average molecular weight is 569 g/mol. The van der Waals surface area contributed by atoms with Crippen molar-refractivity contribution in [3.8, 4) is 6.07 Å². The Balaban J connectivity index is 1.46. The van der Waals surface area contributed by atoms with E-state index in [0.717, 1.165) is 54.9 Å². The summed E-state index contributed by atoms with van der Waals surface area (Å²) >= 11 is -1.33. The minimum absolute atomic E-state index is 0.163. The van der Waals surface area contributed by atoms with Crippen LogP contribution in [0.3, 0.4) is 0 Å². The first-order chi connectivity index (χ1) is 16.5. The number of hydrogen-bond donors (Lipinski definition) is 1. The van der Waals surface area contributed by atoms with Crippen LogP contribution in [0, 0.1) is 17.1 Å². The fourth-order valence-electron chi connectivity index (χ4n) is 4.57. The summed E-state index contributed by atoms with van der Waals surface area (Å²) in [5, 5.41) is 10.9. The van der Waals surface area contributed by atoms with Crippen molar-refractivity contribution in [1.29, 1.82) is 5.26 Å². The van der Waals surface area contributed by atoms with Crippen molar-refractivity contribution < 1.29 is 4.39 Å². The molecule has 1 fully saturated rings. The molecule has 0 spiro atoms. The van der Waals surface area contributed by atoms with Gasteiger partial charge in [0, 0.05) is 43.8 Å². The SMILES string of the molecule is C=I1=CC=C(CN2CCN(c3c(C#N)c(=O)n(Cc4ccc(F)cc4)c4ccccc34)CC2)N1. The van der Waals surface area contributed by atoms with E-state index >= 15 is 0 Å². The van der Waals surface area contributed by atoms with Crippen molar-refractivity contribution in [2.45, 2.75) is 6.54 Å². The van der Waals surface area contributed by atoms with Gasteiger partial charge in [-0.1, -0.05) is 54.0 Å². The normalized spacial score (nSPS) is 16.7. The smallest absolute Gasteiger partial charge is 0.271 e. The summed E-state index contributed by atoms with van der Waals surface area (Å²) in [5.74, 6) is -0.320. The number of benzene rings is 2. The molecule has 2 aliphatic heterocycles. The van der Waals surface area contributed by atoms with Crippen molar-refractivity contribution >= 4 is 44.3 Å². The quantitative estimate of drug-likeness (QED) is 0.378. The number of hydrogen-bond acceptors (Lipinski definition) is 5. The lowest BCUT2D eigenvalue weighted by Crippen LogP contribution is -2.48. The Morgan fingerprint density at radius 3 is 2.47 bits per heavy atom. The Hall–Kier alpha value is -3.16. The maximum Gasteiger partial charge on any atom is 0.271 e. The Morgan fingerprint density at radius 1 is 1.06 bits per heavy atom. The summed E-state index contributed by atoms with van der Waals surface area (Å²) in [7, 11) is 0. The highest BCUT2D eigenvalue weighted by Crippen LogP contribution is 2.30. The van der Waals surface area contributed by atoms with E-state index in [4.69, 9.17) is 0 Å². The molecule has 3 heterocycles. The second-order valence-corrected chi connectivity index (χ2v) is 12.0. The van der Waals surface area contributed by atoms with Gasteiger partial charge in [-0.05, 0) is 33.9 Å². The molecule has 2 aromatic carbocycles. The van der Waals surface area contributed by atoms with Crippen LogP contribution in [0.15, 0.2) is 65.1 Å². The van der Waals surface area contributed by atoms with Gasteiger partial charge in [0.2, 0.25) is 0 Å². The lowest BCUT2D eigenvalue weighted by atomic mass is 10.1. The van der Waals surface area contributed by atoms with Gasteiger partial charge in [0.25, 0.3) is 5.56 Å². The van der Waals surface area contributed by atoms with Crippen LogP contribution in [0.1, 0.15) is 11.1 Å². The number of fused-ring (bicyclic) bond motifs is 1. The number of nitriles is 1. The third-order valence-electron chi connectivity index (χ3n) is 6.25. The first kappa shape index (κ1) is 22.6. The van der Waals surface area contributed by atoms with Crippen LogP contribution >= 0.6 is 19.1 Å². The zero-order valence-electron chi connectivity index (χ0n) is 18.7. The summed E-state index contributed by atoms with van der Waals surface area (Å²) in [5.41, 5.74) is 3.38. The van der Waals surface area contributed by atoms with Crippen LogP contribution < -0.4 is 14.0 Å². The highest BCUT2D eigenvalue weighted by Gasteiger charge is 2.25. The van der Waals surface area contributed by atoms with E-state index < -0.39 is 19.1 Å². The van der Waals surface area contributed by atoms with Crippen molar-refractivity contribution in [3.05, 3.63) is 87.6 Å². The van der Waals surface area contributed by atoms with Crippen LogP contribution in [0.25, 0.3) is 10.9 Å². The number of para-hydroxylation sites is 1. The number of anilines is 1. The van der Waals surface area contributed by atoms with Crippen LogP contribution in [-0.4, -0.2) is 50.7 Å². The molecular weight excluding hydrogens is 544 g/mol. The molecule has 0 radical (unpaired) electrons. The Bertz CT molecular complexity index is 1450. The maximum absolute atomic E-state index is 13.5. The van der Waals surface area contributed by atoms with Crippen LogP contribution in [0.4, 0.5) is 10.1 Å². The monoisotopic (exact) mass is 569 g/mol. The summed E-state index contributed by atoms with van der Waals surface area (Å²) in [6.45, 7) is 4.33. The number of allylic oxidation sites excluding steroid dienone is 1. The van der Waals surface area contributed by atoms with Gasteiger partial charge in [-0.25, -0.2) is 4.39 Å². The predicted octanol–water partition coefficient (Wildman–Crippen LogP) is 3.33. The third kappa shape index (κ3) is 4.45. The van der Waals surface area contributed by atoms with E-state index in [0.29, 0.717) is 0 Å². The molecule has 0 bridgehead atoms. The minimum atomic E-state index is -1.33. The zero-order valence-corrected chi connectivity index (χ0v) is 20.8. The number of pyridine rings is 1. The van der Waals surface area contributed by atoms with E-state index in [9.17, 15) is 14.4 Å². The molecule has 3 aromatic rings. The van der Waals surface area contributed by atoms with Crippen LogP contribution in [-0.2, 0) is 6.54 Å². The van der Waals surface area contributed by atoms with E-state index in [1.54, 1.807) is 16.7 Å². The molecule has 174 valence electrons. The zero-order chi connectivity index (χ0) is 23.7. The fourth-order valence-corrected chi connectivity index (χ4v) is 6.86. The van der Waals surface area contributed by atoms with Crippen molar-refractivity contribution in [2.24, 2.45) is 0 Å². The first-order valence-electron chi connectivity index (χ1n) is 11.1. The molecule has 6 nitrogen and oxygen atoms in total. The van der Waals surface area contributed by atoms with E-state index in [2.05, 4.69) is 34.0 Å². The van der Waals surface area contributed by atoms with Gasteiger partial charge in [0.1, 0.15) is 17.4 Å². The third-order valence-corrected chi connectivity index (χ3v) is 8.87. The molecule has 34 heavy (non-hydrogen) atoms. The number of rotatable bonds is 5. The molecule has 1 N–H and O–H groups in total. The number of halogens is 2. The van der Waals surface area contributed by atoms with Gasteiger partial charge >= 0.3 is 0 Å². The predicted molar refractivity (Wildman–Crippen MR) is 146 cm³/mol. The summed E-state index contributed by atoms with van der Waals surface area (Å²) in [4.78, 5) is 18.0. The van der Waals surface area contributed by atoms with E-state index in [-0.39, 0.29) is 23.5 Å². The van der Waals surface area contributed by atoms with E-state index in [1.807, 2.05) is 24.3 Å². The Labute approximate surface area is 204 Å². The summed E-state index contributed by atoms with van der Waals surface area (Å²) in [6, 6.07) is 16.0. The van der Waals surface area contributed by atoms with Crippen molar-refractivity contribution in [3.63, 3.8) is 0 Å². The second kappa shape index (κ2) is 9.60. The molecule has 0 atom stereocenters. The van der Waals surface area contributed by atoms with Gasteiger partial charge in [-0.2, -0.15) is 5.26 Å². The van der Waals surface area contributed by atoms with Gasteiger partial charge in [0.15, 0.2) is 0 Å². The summed E-state index contributed by atoms with van der Waals surface area (Å²) in [6.07, 6.45) is 2.16. The molecule has 0 unspecified atom stereocenters. The Morgan fingerprint density at radius 2 is 1.79 bits per heavy atom. The van der Waals surface area contributed by atoms with Crippen molar-refractivity contribution in [1.82, 2.24) is 13.0 Å². The minimum Gasteiger partial charge on any atom is -0.367 e. The first-order valence-corrected chi connectivity index (χ1v) is 14.9. The molecule has 0 aliphatic carbocycles. The number of piperazine rings is 1. The fraction of sp³-hybridized carbons (Fsp3) is 0.231. The van der Waals surface area contributed by atoms with Crippen LogP contribution in [0.5, 0.6) is 0 Å². The molecule has 1 saturated heterocycles. The van der Waals surface area contributed by atoms with Gasteiger partial charge < -0.3 is 13.0 Å². The Kier molecular flexibility index (Phi) is 6.39. The van der Waals surface area contributed by atoms with E-state index in [1.165, 1.54) is 17.8 Å². The van der Waals surface area contributed by atoms with Gasteiger partial charge in [0.05, 0.1) is 17.7 Å².